The molecule has 0 aliphatic rings. The quantitative estimate of drug-likeness (QED) is 0.554. The molecule has 154 valence electrons. The number of nitrogens with two attached hydrogens (primary N) is 1. The minimum atomic E-state index is -1.32. The average Bonchev–Trinajstić information content (AvgIpc) is 2.72. The van der Waals surface area contributed by atoms with Gasteiger partial charge in [0.2, 0.25) is 5.91 Å². The predicted molar refractivity (Wildman–Crippen MR) is 105 cm³/mol. The van der Waals surface area contributed by atoms with E-state index in [2.05, 4.69) is 5.32 Å². The van der Waals surface area contributed by atoms with Crippen LogP contribution in [0.3, 0.4) is 0 Å². The minimum Gasteiger partial charge on any atom is -0.457 e. The maximum Gasteiger partial charge on any atom is 0.251 e. The summed E-state index contributed by atoms with van der Waals surface area (Å²) in [6.45, 7) is -0.244. The summed E-state index contributed by atoms with van der Waals surface area (Å²) in [6.07, 6.45) is -1.32. The Balaban J connectivity index is 1.57. The molecule has 8 heteroatoms. The summed E-state index contributed by atoms with van der Waals surface area (Å²) in [6, 6.07) is 15.3. The van der Waals surface area contributed by atoms with E-state index in [0.29, 0.717) is 28.7 Å². The molecule has 0 bridgehead atoms. The molecule has 1 unspecified atom stereocenters. The smallest absolute Gasteiger partial charge is 0.251 e. The summed E-state index contributed by atoms with van der Waals surface area (Å²) in [5.74, 6) is -1.70. The fourth-order valence-corrected chi connectivity index (χ4v) is 2.67. The van der Waals surface area contributed by atoms with Crippen molar-refractivity contribution in [1.29, 1.82) is 0 Å². The molecule has 0 aliphatic carbocycles. The number of ether oxygens (including phenoxy) is 1. The number of benzene rings is 3. The van der Waals surface area contributed by atoms with Gasteiger partial charge >= 0.3 is 0 Å². The highest BCUT2D eigenvalue weighted by atomic mass is 19.1. The fourth-order valence-electron chi connectivity index (χ4n) is 2.67. The van der Waals surface area contributed by atoms with Crippen molar-refractivity contribution in [3.8, 4) is 11.5 Å². The topological polar surface area (TPSA) is 102 Å². The maximum atomic E-state index is 13.7. The van der Waals surface area contributed by atoms with E-state index in [1.807, 2.05) is 0 Å². The zero-order chi connectivity index (χ0) is 21.7. The van der Waals surface area contributed by atoms with E-state index in [0.717, 1.165) is 12.1 Å². The van der Waals surface area contributed by atoms with Crippen LogP contribution < -0.4 is 15.8 Å². The molecule has 1 atom stereocenters. The number of aliphatic hydroxyl groups excluding tert-OH is 1. The molecule has 0 saturated carbocycles. The number of carbonyl (C=O) groups is 2. The molecule has 0 saturated heterocycles. The largest absolute Gasteiger partial charge is 0.457 e. The Morgan fingerprint density at radius 1 is 0.933 bits per heavy atom. The number of hydrogen-bond acceptors (Lipinski definition) is 4. The normalized spacial score (nSPS) is 11.6. The van der Waals surface area contributed by atoms with Crippen LogP contribution >= 0.6 is 0 Å². The van der Waals surface area contributed by atoms with Crippen molar-refractivity contribution in [2.24, 2.45) is 5.73 Å². The van der Waals surface area contributed by atoms with Crippen molar-refractivity contribution < 1.29 is 28.2 Å². The molecule has 0 spiro atoms. The van der Waals surface area contributed by atoms with Gasteiger partial charge in [-0.3, -0.25) is 9.59 Å². The van der Waals surface area contributed by atoms with Crippen LogP contribution in [0.25, 0.3) is 0 Å². The highest BCUT2D eigenvalue weighted by molar-refractivity contribution is 5.94. The third-order valence-electron chi connectivity index (χ3n) is 4.27. The molecule has 2 amide bonds. The Morgan fingerprint density at radius 2 is 1.50 bits per heavy atom. The predicted octanol–water partition coefficient (Wildman–Crippen LogP) is 3.32. The molecule has 4 N–H and O–H groups in total. The van der Waals surface area contributed by atoms with Crippen LogP contribution in [0.15, 0.2) is 66.7 Å². The molecule has 0 aromatic heterocycles. The van der Waals surface area contributed by atoms with E-state index >= 15 is 0 Å². The number of aliphatic hydroxyl groups is 1. The zero-order valence-electron chi connectivity index (χ0n) is 15.6. The molecular weight excluding hydrogens is 394 g/mol. The number of nitrogens with one attached hydrogen (secondary N) is 1. The number of primary amides is 1. The third kappa shape index (κ3) is 5.18. The van der Waals surface area contributed by atoms with Crippen LogP contribution in [-0.4, -0.2) is 23.5 Å². The summed E-state index contributed by atoms with van der Waals surface area (Å²) >= 11 is 0. The van der Waals surface area contributed by atoms with Crippen LogP contribution in [0.1, 0.15) is 32.4 Å². The van der Waals surface area contributed by atoms with Crippen LogP contribution in [0.2, 0.25) is 0 Å². The lowest BCUT2D eigenvalue weighted by atomic mass is 10.1. The Bertz CT molecular complexity index is 1050. The van der Waals surface area contributed by atoms with Gasteiger partial charge in [0.15, 0.2) is 0 Å². The number of amides is 2. The summed E-state index contributed by atoms with van der Waals surface area (Å²) in [4.78, 5) is 23.3. The molecule has 0 heterocycles. The van der Waals surface area contributed by atoms with Crippen molar-refractivity contribution in [2.75, 3.05) is 6.54 Å². The van der Waals surface area contributed by atoms with E-state index in [1.54, 1.807) is 24.3 Å². The lowest BCUT2D eigenvalue weighted by molar-refractivity contribution is 0.0913. The van der Waals surface area contributed by atoms with Crippen molar-refractivity contribution >= 4 is 11.8 Å². The second kappa shape index (κ2) is 9.15. The van der Waals surface area contributed by atoms with E-state index in [9.17, 15) is 23.5 Å². The SMILES string of the molecule is NC(=O)c1ccc(Oc2ccc(C(=O)NCC(O)c3ccc(F)cc3F)cc2)cc1. The Kier molecular flexibility index (Phi) is 6.38. The second-order valence-electron chi connectivity index (χ2n) is 6.41. The van der Waals surface area contributed by atoms with E-state index in [4.69, 9.17) is 10.5 Å². The minimum absolute atomic E-state index is 0.109. The van der Waals surface area contributed by atoms with Crippen LogP contribution in [-0.2, 0) is 0 Å². The molecule has 3 aromatic rings. The Hall–Kier alpha value is -3.78. The number of rotatable bonds is 7. The van der Waals surface area contributed by atoms with E-state index in [1.165, 1.54) is 24.3 Å². The summed E-state index contributed by atoms with van der Waals surface area (Å²) < 4.78 is 32.3. The highest BCUT2D eigenvalue weighted by Crippen LogP contribution is 2.22. The third-order valence-corrected chi connectivity index (χ3v) is 4.27. The van der Waals surface area contributed by atoms with E-state index in [-0.39, 0.29) is 12.1 Å². The molecule has 3 aromatic carbocycles. The summed E-state index contributed by atoms with van der Waals surface area (Å²) in [7, 11) is 0. The number of carbonyl (C=O) groups excluding carboxylic acids is 2. The molecule has 0 aliphatic heterocycles. The molecular formula is C22H18F2N2O4. The molecule has 0 fully saturated rings. The number of hydrogen-bond donors (Lipinski definition) is 3. The second-order valence-corrected chi connectivity index (χ2v) is 6.41. The first-order valence-electron chi connectivity index (χ1n) is 8.92. The van der Waals surface area contributed by atoms with Gasteiger partial charge in [-0.1, -0.05) is 6.07 Å². The Labute approximate surface area is 170 Å². The first-order chi connectivity index (χ1) is 14.3. The van der Waals surface area contributed by atoms with Crippen molar-refractivity contribution in [3.05, 3.63) is 95.1 Å². The lowest BCUT2D eigenvalue weighted by Gasteiger charge is -2.13. The van der Waals surface area contributed by atoms with Crippen molar-refractivity contribution in [2.45, 2.75) is 6.10 Å². The van der Waals surface area contributed by atoms with E-state index < -0.39 is 29.6 Å². The fraction of sp³-hybridized carbons (Fsp3) is 0.0909. The van der Waals surface area contributed by atoms with Crippen LogP contribution in [0.4, 0.5) is 8.78 Å². The van der Waals surface area contributed by atoms with Crippen LogP contribution in [0, 0.1) is 11.6 Å². The average molecular weight is 412 g/mol. The molecule has 6 nitrogen and oxygen atoms in total. The lowest BCUT2D eigenvalue weighted by Crippen LogP contribution is -2.28. The van der Waals surface area contributed by atoms with Gasteiger partial charge in [-0.15, -0.1) is 0 Å². The molecule has 0 radical (unpaired) electrons. The van der Waals surface area contributed by atoms with Gasteiger partial charge in [-0.05, 0) is 54.6 Å². The molecule has 30 heavy (non-hydrogen) atoms. The first-order valence-corrected chi connectivity index (χ1v) is 8.92. The number of halogens is 2. The van der Waals surface area contributed by atoms with Gasteiger partial charge in [-0.25, -0.2) is 8.78 Å². The summed E-state index contributed by atoms with van der Waals surface area (Å²) in [5, 5.41) is 12.5. The first kappa shape index (κ1) is 20.9. The standard InChI is InChI=1S/C22H18F2N2O4/c23-15-5-10-18(19(24)11-15)20(27)12-26-22(29)14-3-8-17(9-4-14)30-16-6-1-13(2-7-16)21(25)28/h1-11,20,27H,12H2,(H2,25,28)(H,26,29). The van der Waals surface area contributed by atoms with Gasteiger partial charge in [0, 0.05) is 29.3 Å². The van der Waals surface area contributed by atoms with Gasteiger partial charge < -0.3 is 20.9 Å². The maximum absolute atomic E-state index is 13.7. The van der Waals surface area contributed by atoms with Crippen LogP contribution in [0.5, 0.6) is 11.5 Å². The van der Waals surface area contributed by atoms with Crippen molar-refractivity contribution in [1.82, 2.24) is 5.32 Å². The zero-order valence-corrected chi connectivity index (χ0v) is 15.6. The summed E-state index contributed by atoms with van der Waals surface area (Å²) in [5.41, 5.74) is 5.74. The van der Waals surface area contributed by atoms with Gasteiger partial charge in [-0.2, -0.15) is 0 Å². The van der Waals surface area contributed by atoms with Crippen molar-refractivity contribution in [3.63, 3.8) is 0 Å². The highest BCUT2D eigenvalue weighted by Gasteiger charge is 2.15. The molecule has 3 rings (SSSR count). The van der Waals surface area contributed by atoms with Gasteiger partial charge in [0.1, 0.15) is 23.1 Å². The van der Waals surface area contributed by atoms with Gasteiger partial charge in [0.05, 0.1) is 6.10 Å². The monoisotopic (exact) mass is 412 g/mol. The van der Waals surface area contributed by atoms with Gasteiger partial charge in [0.25, 0.3) is 5.91 Å². The Morgan fingerprint density at radius 3 is 2.03 bits per heavy atom.